The molecule has 0 bridgehead atoms. The maximum atomic E-state index is 12.3. The fourth-order valence-electron chi connectivity index (χ4n) is 2.75. The number of carbonyl (C=O) groups excluding carboxylic acids is 1. The fourth-order valence-corrected chi connectivity index (χ4v) is 2.75. The molecule has 2 aromatic carbocycles. The van der Waals surface area contributed by atoms with E-state index < -0.39 is 0 Å². The SMILES string of the molecule is COc1ccc(Nc2ccc(C(=O)NCc3cccc(C)c3)nc2)c(OC)c1. The van der Waals surface area contributed by atoms with E-state index in [2.05, 4.69) is 15.6 Å². The number of methoxy groups -OCH3 is 2. The smallest absolute Gasteiger partial charge is 0.270 e. The molecule has 0 saturated carbocycles. The maximum Gasteiger partial charge on any atom is 0.270 e. The Labute approximate surface area is 164 Å². The number of hydrogen-bond donors (Lipinski definition) is 2. The van der Waals surface area contributed by atoms with Gasteiger partial charge < -0.3 is 20.1 Å². The molecule has 0 atom stereocenters. The molecule has 0 aliphatic rings. The van der Waals surface area contributed by atoms with Crippen LogP contribution in [-0.2, 0) is 6.54 Å². The molecule has 28 heavy (non-hydrogen) atoms. The summed E-state index contributed by atoms with van der Waals surface area (Å²) in [4.78, 5) is 16.6. The first-order valence-electron chi connectivity index (χ1n) is 8.88. The summed E-state index contributed by atoms with van der Waals surface area (Å²) in [5.41, 5.74) is 4.10. The van der Waals surface area contributed by atoms with Crippen LogP contribution in [0.4, 0.5) is 11.4 Å². The first kappa shape index (κ1) is 19.2. The highest BCUT2D eigenvalue weighted by atomic mass is 16.5. The monoisotopic (exact) mass is 377 g/mol. The van der Waals surface area contributed by atoms with E-state index in [4.69, 9.17) is 9.47 Å². The number of carbonyl (C=O) groups is 1. The van der Waals surface area contributed by atoms with Crippen molar-refractivity contribution in [1.29, 1.82) is 0 Å². The van der Waals surface area contributed by atoms with Gasteiger partial charge in [0.05, 0.1) is 31.8 Å². The lowest BCUT2D eigenvalue weighted by Gasteiger charge is -2.12. The van der Waals surface area contributed by atoms with Crippen LogP contribution < -0.4 is 20.1 Å². The average molecular weight is 377 g/mol. The molecule has 0 aliphatic heterocycles. The third-order valence-electron chi connectivity index (χ3n) is 4.22. The van der Waals surface area contributed by atoms with Crippen LogP contribution >= 0.6 is 0 Å². The van der Waals surface area contributed by atoms with Gasteiger partial charge in [0, 0.05) is 12.6 Å². The maximum absolute atomic E-state index is 12.3. The number of aromatic nitrogens is 1. The van der Waals surface area contributed by atoms with E-state index in [0.717, 1.165) is 22.5 Å². The van der Waals surface area contributed by atoms with Crippen LogP contribution in [0.2, 0.25) is 0 Å². The molecule has 1 aromatic heterocycles. The van der Waals surface area contributed by atoms with E-state index in [1.54, 1.807) is 38.6 Å². The number of hydrogen-bond acceptors (Lipinski definition) is 5. The van der Waals surface area contributed by atoms with Gasteiger partial charge in [0.1, 0.15) is 17.2 Å². The van der Waals surface area contributed by atoms with Crippen molar-refractivity contribution in [3.05, 3.63) is 77.6 Å². The van der Waals surface area contributed by atoms with E-state index in [1.165, 1.54) is 0 Å². The number of nitrogens with zero attached hydrogens (tertiary/aromatic N) is 1. The van der Waals surface area contributed by atoms with Gasteiger partial charge in [-0.25, -0.2) is 4.98 Å². The lowest BCUT2D eigenvalue weighted by molar-refractivity contribution is 0.0946. The van der Waals surface area contributed by atoms with E-state index in [0.29, 0.717) is 23.7 Å². The highest BCUT2D eigenvalue weighted by molar-refractivity contribution is 5.92. The standard InChI is InChI=1S/C22H23N3O3/c1-15-5-4-6-16(11-15)13-24-22(26)20-9-7-17(14-23-20)25-19-10-8-18(27-2)12-21(19)28-3/h4-12,14,25H,13H2,1-3H3,(H,24,26). The Morgan fingerprint density at radius 2 is 1.89 bits per heavy atom. The van der Waals surface area contributed by atoms with Crippen LogP contribution in [0.3, 0.4) is 0 Å². The van der Waals surface area contributed by atoms with Gasteiger partial charge in [-0.2, -0.15) is 0 Å². The molecule has 0 spiro atoms. The third kappa shape index (κ3) is 4.79. The minimum absolute atomic E-state index is 0.213. The topological polar surface area (TPSA) is 72.5 Å². The van der Waals surface area contributed by atoms with Gasteiger partial charge in [0.25, 0.3) is 5.91 Å². The number of aryl methyl sites for hydroxylation is 1. The second-order valence-electron chi connectivity index (χ2n) is 6.30. The van der Waals surface area contributed by atoms with Crippen molar-refractivity contribution in [2.45, 2.75) is 13.5 Å². The molecule has 144 valence electrons. The molecule has 0 fully saturated rings. The minimum atomic E-state index is -0.213. The van der Waals surface area contributed by atoms with Crippen molar-refractivity contribution in [3.63, 3.8) is 0 Å². The van der Waals surface area contributed by atoms with Crippen molar-refractivity contribution in [1.82, 2.24) is 10.3 Å². The first-order valence-corrected chi connectivity index (χ1v) is 8.88. The summed E-state index contributed by atoms with van der Waals surface area (Å²) in [6.45, 7) is 2.49. The predicted molar refractivity (Wildman–Crippen MR) is 109 cm³/mol. The Balaban J connectivity index is 1.64. The molecule has 6 heteroatoms. The predicted octanol–water partition coefficient (Wildman–Crippen LogP) is 4.08. The fraction of sp³-hybridized carbons (Fsp3) is 0.182. The zero-order valence-corrected chi connectivity index (χ0v) is 16.2. The Kier molecular flexibility index (Phi) is 6.11. The van der Waals surface area contributed by atoms with E-state index in [1.807, 2.05) is 43.3 Å². The second kappa shape index (κ2) is 8.90. The minimum Gasteiger partial charge on any atom is -0.497 e. The van der Waals surface area contributed by atoms with Crippen molar-refractivity contribution >= 4 is 17.3 Å². The molecular formula is C22H23N3O3. The van der Waals surface area contributed by atoms with Crippen LogP contribution in [0.25, 0.3) is 0 Å². The van der Waals surface area contributed by atoms with E-state index >= 15 is 0 Å². The highest BCUT2D eigenvalue weighted by Gasteiger charge is 2.09. The van der Waals surface area contributed by atoms with Gasteiger partial charge in [-0.1, -0.05) is 29.8 Å². The number of amides is 1. The van der Waals surface area contributed by atoms with Crippen LogP contribution in [0.15, 0.2) is 60.8 Å². The number of nitrogens with one attached hydrogen (secondary N) is 2. The molecule has 3 rings (SSSR count). The molecule has 0 unspecified atom stereocenters. The quantitative estimate of drug-likeness (QED) is 0.649. The Morgan fingerprint density at radius 1 is 1.04 bits per heavy atom. The summed E-state index contributed by atoms with van der Waals surface area (Å²) in [5, 5.41) is 6.12. The van der Waals surface area contributed by atoms with Gasteiger partial charge in [-0.3, -0.25) is 4.79 Å². The van der Waals surface area contributed by atoms with Crippen molar-refractivity contribution in [2.24, 2.45) is 0 Å². The molecule has 1 amide bonds. The van der Waals surface area contributed by atoms with Gasteiger partial charge in [0.2, 0.25) is 0 Å². The normalized spacial score (nSPS) is 10.2. The number of benzene rings is 2. The molecule has 0 saturated heterocycles. The van der Waals surface area contributed by atoms with Gasteiger partial charge in [-0.05, 0) is 36.8 Å². The molecule has 0 radical (unpaired) electrons. The van der Waals surface area contributed by atoms with Gasteiger partial charge in [0.15, 0.2) is 0 Å². The number of ether oxygens (including phenoxy) is 2. The Morgan fingerprint density at radius 3 is 2.57 bits per heavy atom. The Bertz CT molecular complexity index is 955. The zero-order chi connectivity index (χ0) is 19.9. The van der Waals surface area contributed by atoms with Gasteiger partial charge in [-0.15, -0.1) is 0 Å². The van der Waals surface area contributed by atoms with Crippen LogP contribution in [0.5, 0.6) is 11.5 Å². The van der Waals surface area contributed by atoms with Crippen molar-refractivity contribution in [2.75, 3.05) is 19.5 Å². The van der Waals surface area contributed by atoms with Crippen LogP contribution in [-0.4, -0.2) is 25.1 Å². The molecule has 3 aromatic rings. The lowest BCUT2D eigenvalue weighted by Crippen LogP contribution is -2.23. The molecule has 1 heterocycles. The Hall–Kier alpha value is -3.54. The second-order valence-corrected chi connectivity index (χ2v) is 6.30. The summed E-state index contributed by atoms with van der Waals surface area (Å²) >= 11 is 0. The van der Waals surface area contributed by atoms with Gasteiger partial charge >= 0.3 is 0 Å². The summed E-state index contributed by atoms with van der Waals surface area (Å²) in [6, 6.07) is 17.0. The van der Waals surface area contributed by atoms with Crippen LogP contribution in [0, 0.1) is 6.92 Å². The van der Waals surface area contributed by atoms with Crippen molar-refractivity contribution in [3.8, 4) is 11.5 Å². The largest absolute Gasteiger partial charge is 0.497 e. The summed E-state index contributed by atoms with van der Waals surface area (Å²) < 4.78 is 10.6. The van der Waals surface area contributed by atoms with E-state index in [-0.39, 0.29) is 5.91 Å². The first-order chi connectivity index (χ1) is 13.6. The number of pyridine rings is 1. The number of anilines is 2. The summed E-state index contributed by atoms with van der Waals surface area (Å²) in [6.07, 6.45) is 1.62. The summed E-state index contributed by atoms with van der Waals surface area (Å²) in [7, 11) is 3.20. The van der Waals surface area contributed by atoms with Crippen molar-refractivity contribution < 1.29 is 14.3 Å². The third-order valence-corrected chi connectivity index (χ3v) is 4.22. The highest BCUT2D eigenvalue weighted by Crippen LogP contribution is 2.31. The zero-order valence-electron chi connectivity index (χ0n) is 16.2. The van der Waals surface area contributed by atoms with E-state index in [9.17, 15) is 4.79 Å². The summed E-state index contributed by atoms with van der Waals surface area (Å²) in [5.74, 6) is 1.15. The molecule has 6 nitrogen and oxygen atoms in total. The average Bonchev–Trinajstić information content (AvgIpc) is 2.73. The van der Waals surface area contributed by atoms with Crippen LogP contribution in [0.1, 0.15) is 21.6 Å². The number of rotatable bonds is 7. The molecular weight excluding hydrogens is 354 g/mol. The lowest BCUT2D eigenvalue weighted by atomic mass is 10.1. The molecule has 0 aliphatic carbocycles. The molecule has 2 N–H and O–H groups in total.